The van der Waals surface area contributed by atoms with Gasteiger partial charge >= 0.3 is 0 Å². The Bertz CT molecular complexity index is 1320. The largest absolute Gasteiger partial charge is 0.358 e. The van der Waals surface area contributed by atoms with E-state index in [1.807, 2.05) is 63.8 Å². The molecule has 154 valence electrons. The van der Waals surface area contributed by atoms with Crippen molar-refractivity contribution in [3.8, 4) is 11.1 Å². The minimum atomic E-state index is -0.208. The van der Waals surface area contributed by atoms with Crippen molar-refractivity contribution in [1.82, 2.24) is 25.1 Å². The van der Waals surface area contributed by atoms with Crippen molar-refractivity contribution in [1.29, 1.82) is 0 Å². The zero-order valence-corrected chi connectivity index (χ0v) is 18.1. The van der Waals surface area contributed by atoms with Crippen LogP contribution >= 0.6 is 11.8 Å². The Morgan fingerprint density at radius 3 is 2.70 bits per heavy atom. The zero-order chi connectivity index (χ0) is 21.4. The van der Waals surface area contributed by atoms with Gasteiger partial charge in [-0.2, -0.15) is 5.10 Å². The number of carbonyl (C=O) groups excluding carboxylic acids is 1. The average molecular weight is 422 g/mol. The molecule has 0 atom stereocenters. The first kappa shape index (κ1) is 20.0. The number of nitrogens with one attached hydrogen (secondary N) is 3. The van der Waals surface area contributed by atoms with E-state index >= 15 is 0 Å². The topological polar surface area (TPSA) is 95.6 Å². The van der Waals surface area contributed by atoms with Gasteiger partial charge in [-0.1, -0.05) is 12.1 Å². The summed E-state index contributed by atoms with van der Waals surface area (Å²) in [5, 5.41) is 7.98. The molecule has 7 nitrogen and oxygen atoms in total. The van der Waals surface area contributed by atoms with Gasteiger partial charge in [-0.15, -0.1) is 11.8 Å². The lowest BCUT2D eigenvalue weighted by molar-refractivity contribution is 0.0951. The van der Waals surface area contributed by atoms with Crippen LogP contribution in [0.25, 0.3) is 22.0 Å². The minimum Gasteiger partial charge on any atom is -0.358 e. The van der Waals surface area contributed by atoms with Crippen molar-refractivity contribution in [3.63, 3.8) is 0 Å². The number of amides is 1. The minimum absolute atomic E-state index is 0.170. The Morgan fingerprint density at radius 2 is 2.00 bits per heavy atom. The number of hydrogen-bond acceptors (Lipinski definition) is 4. The molecule has 0 spiro atoms. The van der Waals surface area contributed by atoms with Gasteiger partial charge < -0.3 is 15.3 Å². The third-order valence-corrected chi connectivity index (χ3v) is 5.93. The molecule has 4 rings (SSSR count). The highest BCUT2D eigenvalue weighted by Gasteiger charge is 2.18. The number of carbonyl (C=O) groups is 1. The molecule has 0 aliphatic rings. The molecule has 3 heterocycles. The molecule has 1 aromatic carbocycles. The van der Waals surface area contributed by atoms with E-state index in [9.17, 15) is 9.59 Å². The zero-order valence-electron chi connectivity index (χ0n) is 17.3. The van der Waals surface area contributed by atoms with E-state index in [2.05, 4.69) is 20.4 Å². The van der Waals surface area contributed by atoms with Crippen LogP contribution in [0, 0.1) is 13.8 Å². The van der Waals surface area contributed by atoms with Crippen molar-refractivity contribution in [2.45, 2.75) is 25.3 Å². The lowest BCUT2D eigenvalue weighted by Crippen LogP contribution is -2.28. The number of aromatic nitrogens is 4. The predicted molar refractivity (Wildman–Crippen MR) is 120 cm³/mol. The smallest absolute Gasteiger partial charge is 0.254 e. The first-order valence-electron chi connectivity index (χ1n) is 9.53. The maximum atomic E-state index is 13.0. The van der Waals surface area contributed by atoms with Crippen LogP contribution in [0.15, 0.2) is 46.3 Å². The fourth-order valence-electron chi connectivity index (χ4n) is 3.67. The summed E-state index contributed by atoms with van der Waals surface area (Å²) < 4.78 is 1.76. The number of rotatable bonds is 5. The van der Waals surface area contributed by atoms with E-state index in [0.29, 0.717) is 11.1 Å². The van der Waals surface area contributed by atoms with Gasteiger partial charge in [-0.25, -0.2) is 0 Å². The number of aromatic amines is 2. The molecule has 30 heavy (non-hydrogen) atoms. The Hall–Kier alpha value is -3.26. The van der Waals surface area contributed by atoms with Gasteiger partial charge in [0.15, 0.2) is 0 Å². The van der Waals surface area contributed by atoms with E-state index in [4.69, 9.17) is 0 Å². The van der Waals surface area contributed by atoms with Crippen LogP contribution in [0.5, 0.6) is 0 Å². The lowest BCUT2D eigenvalue weighted by atomic mass is 10.0. The Kier molecular flexibility index (Phi) is 5.26. The van der Waals surface area contributed by atoms with Crippen LogP contribution < -0.4 is 10.9 Å². The Balaban J connectivity index is 1.62. The fraction of sp³-hybridized carbons (Fsp3) is 0.227. The quantitative estimate of drug-likeness (QED) is 0.430. The van der Waals surface area contributed by atoms with Crippen molar-refractivity contribution in [2.24, 2.45) is 7.05 Å². The third kappa shape index (κ3) is 3.66. The molecule has 3 aromatic heterocycles. The van der Waals surface area contributed by atoms with Gasteiger partial charge in [-0.05, 0) is 37.8 Å². The molecule has 0 unspecified atom stereocenters. The molecule has 3 N–H and O–H groups in total. The number of benzene rings is 1. The number of hydrogen-bond donors (Lipinski definition) is 3. The second-order valence-electron chi connectivity index (χ2n) is 7.30. The van der Waals surface area contributed by atoms with Crippen molar-refractivity contribution in [3.05, 3.63) is 69.5 Å². The standard InChI is InChI=1S/C22H23N5O2S/c1-12-7-19(30-4)17(21(28)25-12)10-23-22(29)20-13(2)26-18-8-14(5-6-16(18)20)15-9-24-27(3)11-15/h5-9,11,26H,10H2,1-4H3,(H,23,29)(H,25,28). The molecule has 0 radical (unpaired) electrons. The summed E-state index contributed by atoms with van der Waals surface area (Å²) >= 11 is 1.50. The van der Waals surface area contributed by atoms with Gasteiger partial charge in [0.2, 0.25) is 0 Å². The number of H-pyrrole nitrogens is 2. The predicted octanol–water partition coefficient (Wildman–Crippen LogP) is 3.53. The highest BCUT2D eigenvalue weighted by atomic mass is 32.2. The molecule has 1 amide bonds. The van der Waals surface area contributed by atoms with Crippen LogP contribution in [0.2, 0.25) is 0 Å². The van der Waals surface area contributed by atoms with Crippen molar-refractivity contribution in [2.75, 3.05) is 6.26 Å². The molecular formula is C22H23N5O2S. The molecule has 0 saturated heterocycles. The van der Waals surface area contributed by atoms with Crippen molar-refractivity contribution >= 4 is 28.6 Å². The summed E-state index contributed by atoms with van der Waals surface area (Å²) in [5.74, 6) is -0.208. The third-order valence-electron chi connectivity index (χ3n) is 5.13. The number of pyridine rings is 1. The summed E-state index contributed by atoms with van der Waals surface area (Å²) in [6.07, 6.45) is 5.68. The molecule has 8 heteroatoms. The monoisotopic (exact) mass is 421 g/mol. The highest BCUT2D eigenvalue weighted by Crippen LogP contribution is 2.28. The van der Waals surface area contributed by atoms with Crippen LogP contribution in [0.1, 0.15) is 27.3 Å². The van der Waals surface area contributed by atoms with E-state index in [-0.39, 0.29) is 18.0 Å². The van der Waals surface area contributed by atoms with Gasteiger partial charge in [0, 0.05) is 58.1 Å². The highest BCUT2D eigenvalue weighted by molar-refractivity contribution is 7.98. The van der Waals surface area contributed by atoms with Gasteiger partial charge in [0.05, 0.1) is 11.8 Å². The SMILES string of the molecule is CSc1cc(C)[nH]c(=O)c1CNC(=O)c1c(C)[nH]c2cc(-c3cnn(C)c3)ccc12. The summed E-state index contributed by atoms with van der Waals surface area (Å²) in [7, 11) is 1.88. The maximum absolute atomic E-state index is 13.0. The second kappa shape index (κ2) is 7.87. The summed E-state index contributed by atoms with van der Waals surface area (Å²) in [4.78, 5) is 32.3. The Labute approximate surface area is 177 Å². The molecule has 0 bridgehead atoms. The molecule has 4 aromatic rings. The number of nitrogens with zero attached hydrogens (tertiary/aromatic N) is 2. The van der Waals surface area contributed by atoms with E-state index < -0.39 is 0 Å². The molecular weight excluding hydrogens is 398 g/mol. The first-order valence-corrected chi connectivity index (χ1v) is 10.8. The normalized spacial score (nSPS) is 11.2. The second-order valence-corrected chi connectivity index (χ2v) is 8.15. The fourth-order valence-corrected chi connectivity index (χ4v) is 4.37. The molecule has 0 saturated carbocycles. The molecule has 0 aliphatic carbocycles. The summed E-state index contributed by atoms with van der Waals surface area (Å²) in [5.41, 5.74) is 5.51. The maximum Gasteiger partial charge on any atom is 0.254 e. The van der Waals surface area contributed by atoms with Gasteiger partial charge in [0.25, 0.3) is 11.5 Å². The van der Waals surface area contributed by atoms with Crippen LogP contribution in [0.3, 0.4) is 0 Å². The molecule has 0 aliphatic heterocycles. The van der Waals surface area contributed by atoms with Crippen molar-refractivity contribution < 1.29 is 4.79 Å². The summed E-state index contributed by atoms with van der Waals surface area (Å²) in [6, 6.07) is 7.87. The lowest BCUT2D eigenvalue weighted by Gasteiger charge is -2.09. The van der Waals surface area contributed by atoms with Gasteiger partial charge in [-0.3, -0.25) is 14.3 Å². The average Bonchev–Trinajstić information content (AvgIpc) is 3.28. The van der Waals surface area contributed by atoms with Crippen LogP contribution in [-0.2, 0) is 13.6 Å². The van der Waals surface area contributed by atoms with E-state index in [1.54, 1.807) is 4.68 Å². The van der Waals surface area contributed by atoms with E-state index in [1.165, 1.54) is 11.8 Å². The van der Waals surface area contributed by atoms with Crippen LogP contribution in [0.4, 0.5) is 0 Å². The molecule has 0 fully saturated rings. The number of thioether (sulfide) groups is 1. The summed E-state index contributed by atoms with van der Waals surface area (Å²) in [6.45, 7) is 3.90. The van der Waals surface area contributed by atoms with E-state index in [0.717, 1.165) is 38.3 Å². The van der Waals surface area contributed by atoms with Gasteiger partial charge in [0.1, 0.15) is 0 Å². The number of aryl methyl sites for hydroxylation is 3. The Morgan fingerprint density at radius 1 is 1.20 bits per heavy atom. The first-order chi connectivity index (χ1) is 14.4. The van der Waals surface area contributed by atoms with Crippen LogP contribution in [-0.4, -0.2) is 31.9 Å². The number of fused-ring (bicyclic) bond motifs is 1.